The van der Waals surface area contributed by atoms with Crippen molar-refractivity contribution in [1.29, 1.82) is 0 Å². The Morgan fingerprint density at radius 2 is 1.92 bits per heavy atom. The lowest BCUT2D eigenvalue weighted by Gasteiger charge is -2.12. The Morgan fingerprint density at radius 3 is 2.52 bits per heavy atom. The first kappa shape index (κ1) is 19.5. The summed E-state index contributed by atoms with van der Waals surface area (Å²) < 4.78 is 40.3. The molecule has 1 amide bonds. The van der Waals surface area contributed by atoms with Gasteiger partial charge in [0.1, 0.15) is 6.29 Å². The third-order valence-electron chi connectivity index (χ3n) is 3.81. The SMILES string of the molecule is O=C[C@@H]1CSNC1C(=O)CCC(=O)NCc1ccc(C(F)(F)F)cc1. The molecule has 5 nitrogen and oxygen atoms in total. The predicted octanol–water partition coefficient (Wildman–Crippen LogP) is 2.11. The zero-order chi connectivity index (χ0) is 18.4. The van der Waals surface area contributed by atoms with Crippen LogP contribution in [-0.4, -0.2) is 29.8 Å². The van der Waals surface area contributed by atoms with Gasteiger partial charge >= 0.3 is 6.18 Å². The van der Waals surface area contributed by atoms with E-state index >= 15 is 0 Å². The minimum atomic E-state index is -4.39. The molecule has 136 valence electrons. The van der Waals surface area contributed by atoms with Gasteiger partial charge in [-0.15, -0.1) is 0 Å². The number of benzene rings is 1. The minimum Gasteiger partial charge on any atom is -0.352 e. The van der Waals surface area contributed by atoms with Gasteiger partial charge in [-0.3, -0.25) is 14.3 Å². The van der Waals surface area contributed by atoms with Gasteiger partial charge in [0.2, 0.25) is 5.91 Å². The van der Waals surface area contributed by atoms with Crippen molar-refractivity contribution < 1.29 is 27.6 Å². The van der Waals surface area contributed by atoms with E-state index in [1.807, 2.05) is 0 Å². The molecule has 25 heavy (non-hydrogen) atoms. The first-order valence-electron chi connectivity index (χ1n) is 7.59. The summed E-state index contributed by atoms with van der Waals surface area (Å²) in [6, 6.07) is 3.93. The minimum absolute atomic E-state index is 0.00140. The molecule has 0 aromatic heterocycles. The Labute approximate surface area is 146 Å². The molecule has 1 heterocycles. The van der Waals surface area contributed by atoms with E-state index in [1.165, 1.54) is 24.1 Å². The van der Waals surface area contributed by atoms with Gasteiger partial charge in [-0.1, -0.05) is 24.1 Å². The van der Waals surface area contributed by atoms with E-state index in [2.05, 4.69) is 10.0 Å². The molecule has 0 bridgehead atoms. The molecule has 1 fully saturated rings. The number of ketones is 1. The second-order valence-electron chi connectivity index (χ2n) is 5.64. The van der Waals surface area contributed by atoms with Crippen molar-refractivity contribution in [3.8, 4) is 0 Å². The molecule has 0 radical (unpaired) electrons. The summed E-state index contributed by atoms with van der Waals surface area (Å²) in [6.07, 6.45) is -3.69. The van der Waals surface area contributed by atoms with Crippen LogP contribution in [0.2, 0.25) is 0 Å². The Morgan fingerprint density at radius 1 is 1.24 bits per heavy atom. The highest BCUT2D eigenvalue weighted by Crippen LogP contribution is 2.29. The van der Waals surface area contributed by atoms with Gasteiger partial charge in [0.15, 0.2) is 5.78 Å². The highest BCUT2D eigenvalue weighted by atomic mass is 32.2. The van der Waals surface area contributed by atoms with Gasteiger partial charge in [0.05, 0.1) is 11.6 Å². The lowest BCUT2D eigenvalue weighted by Crippen LogP contribution is -2.36. The lowest BCUT2D eigenvalue weighted by atomic mass is 9.97. The van der Waals surface area contributed by atoms with Crippen molar-refractivity contribution in [3.63, 3.8) is 0 Å². The van der Waals surface area contributed by atoms with Gasteiger partial charge in [0, 0.05) is 31.1 Å². The predicted molar refractivity (Wildman–Crippen MR) is 86.5 cm³/mol. The monoisotopic (exact) mass is 374 g/mol. The molecule has 1 aromatic carbocycles. The number of halogens is 3. The van der Waals surface area contributed by atoms with E-state index in [-0.39, 0.29) is 37.0 Å². The number of hydrogen-bond donors (Lipinski definition) is 2. The number of amides is 1. The maximum atomic E-state index is 12.5. The number of nitrogens with one attached hydrogen (secondary N) is 2. The summed E-state index contributed by atoms with van der Waals surface area (Å²) >= 11 is 1.31. The quantitative estimate of drug-likeness (QED) is 0.565. The largest absolute Gasteiger partial charge is 0.416 e. The van der Waals surface area contributed by atoms with Gasteiger partial charge in [-0.05, 0) is 17.7 Å². The third kappa shape index (κ3) is 5.57. The number of aldehydes is 1. The second-order valence-corrected chi connectivity index (χ2v) is 6.50. The molecule has 0 aliphatic carbocycles. The fourth-order valence-corrected chi connectivity index (χ4v) is 3.38. The van der Waals surface area contributed by atoms with E-state index in [0.29, 0.717) is 11.3 Å². The molecule has 1 saturated heterocycles. The average Bonchev–Trinajstić information content (AvgIpc) is 3.06. The summed E-state index contributed by atoms with van der Waals surface area (Å²) in [5.74, 6) is -0.430. The van der Waals surface area contributed by atoms with E-state index in [9.17, 15) is 27.6 Å². The zero-order valence-corrected chi connectivity index (χ0v) is 14.0. The summed E-state index contributed by atoms with van der Waals surface area (Å²) in [4.78, 5) is 34.6. The van der Waals surface area contributed by atoms with Crippen LogP contribution in [0.3, 0.4) is 0 Å². The fourth-order valence-electron chi connectivity index (χ4n) is 2.33. The van der Waals surface area contributed by atoms with Gasteiger partial charge in [-0.25, -0.2) is 0 Å². The maximum Gasteiger partial charge on any atom is 0.416 e. The molecule has 9 heteroatoms. The van der Waals surface area contributed by atoms with Gasteiger partial charge < -0.3 is 10.1 Å². The number of rotatable bonds is 7. The Bertz CT molecular complexity index is 635. The fraction of sp³-hybridized carbons (Fsp3) is 0.438. The number of carbonyl (C=O) groups is 3. The van der Waals surface area contributed by atoms with E-state index in [4.69, 9.17) is 0 Å². The molecule has 1 unspecified atom stereocenters. The van der Waals surface area contributed by atoms with Crippen molar-refractivity contribution in [2.24, 2.45) is 5.92 Å². The number of hydrogen-bond acceptors (Lipinski definition) is 5. The zero-order valence-electron chi connectivity index (χ0n) is 13.1. The third-order valence-corrected chi connectivity index (χ3v) is 4.78. The topological polar surface area (TPSA) is 75.3 Å². The Balaban J connectivity index is 1.75. The van der Waals surface area contributed by atoms with Crippen LogP contribution in [0.15, 0.2) is 24.3 Å². The Hall–Kier alpha value is -1.87. The second kappa shape index (κ2) is 8.48. The van der Waals surface area contributed by atoms with Crippen LogP contribution in [0.25, 0.3) is 0 Å². The molecule has 1 aromatic rings. The smallest absolute Gasteiger partial charge is 0.352 e. The van der Waals surface area contributed by atoms with Crippen LogP contribution in [-0.2, 0) is 27.1 Å². The summed E-state index contributed by atoms with van der Waals surface area (Å²) in [6.45, 7) is 0.0830. The highest BCUT2D eigenvalue weighted by Gasteiger charge is 2.33. The van der Waals surface area contributed by atoms with Crippen molar-refractivity contribution in [3.05, 3.63) is 35.4 Å². The van der Waals surface area contributed by atoms with Crippen LogP contribution in [0.1, 0.15) is 24.0 Å². The highest BCUT2D eigenvalue weighted by molar-refractivity contribution is 7.97. The first-order valence-corrected chi connectivity index (χ1v) is 8.58. The van der Waals surface area contributed by atoms with E-state index in [0.717, 1.165) is 18.4 Å². The molecule has 1 aliphatic rings. The first-order chi connectivity index (χ1) is 11.8. The van der Waals surface area contributed by atoms with Crippen molar-refractivity contribution in [1.82, 2.24) is 10.0 Å². The molecule has 0 spiro atoms. The summed E-state index contributed by atoms with van der Waals surface area (Å²) in [5.41, 5.74) is -0.220. The van der Waals surface area contributed by atoms with E-state index in [1.54, 1.807) is 0 Å². The molecule has 2 atom stereocenters. The maximum absolute atomic E-state index is 12.5. The van der Waals surface area contributed by atoms with E-state index < -0.39 is 17.8 Å². The van der Waals surface area contributed by atoms with Crippen LogP contribution in [0, 0.1) is 5.92 Å². The molecular formula is C16H17F3N2O3S. The molecule has 2 rings (SSSR count). The summed E-state index contributed by atoms with van der Waals surface area (Å²) in [5, 5.41) is 2.56. The normalized spacial score (nSPS) is 20.3. The number of Topliss-reactive ketones (excluding diaryl/α,β-unsaturated/α-hetero) is 1. The van der Waals surface area contributed by atoms with Crippen LogP contribution < -0.4 is 10.0 Å². The lowest BCUT2D eigenvalue weighted by molar-refractivity contribution is -0.137. The van der Waals surface area contributed by atoms with Gasteiger partial charge in [-0.2, -0.15) is 13.2 Å². The van der Waals surface area contributed by atoms with Crippen molar-refractivity contribution >= 4 is 29.9 Å². The summed E-state index contributed by atoms with van der Waals surface area (Å²) in [7, 11) is 0. The number of carbonyl (C=O) groups excluding carboxylic acids is 3. The van der Waals surface area contributed by atoms with Gasteiger partial charge in [0.25, 0.3) is 0 Å². The molecular weight excluding hydrogens is 357 g/mol. The standard InChI is InChI=1S/C16H17F3N2O3S/c17-16(18,19)12-3-1-10(2-4-12)7-20-14(24)6-5-13(23)15-11(8-22)9-25-21-15/h1-4,8,11,15,21H,5-7,9H2,(H,20,24)/t11-,15?/m1/s1. The van der Waals surface area contributed by atoms with Crippen LogP contribution in [0.5, 0.6) is 0 Å². The van der Waals surface area contributed by atoms with Crippen LogP contribution in [0.4, 0.5) is 13.2 Å². The van der Waals surface area contributed by atoms with Crippen molar-refractivity contribution in [2.75, 3.05) is 5.75 Å². The van der Waals surface area contributed by atoms with Crippen LogP contribution >= 0.6 is 11.9 Å². The van der Waals surface area contributed by atoms with Crippen molar-refractivity contribution in [2.45, 2.75) is 31.6 Å². The molecule has 1 aliphatic heterocycles. The molecule has 0 saturated carbocycles. The molecule has 2 N–H and O–H groups in total. The Kier molecular flexibility index (Phi) is 6.60. The number of alkyl halides is 3. The average molecular weight is 374 g/mol.